The molecule has 0 aliphatic carbocycles. The molecule has 0 aromatic heterocycles. The lowest BCUT2D eigenvalue weighted by molar-refractivity contribution is -0.142. The predicted molar refractivity (Wildman–Crippen MR) is 83.9 cm³/mol. The number of carbonyl (C=O) groups excluding carboxylic acids is 2. The van der Waals surface area contributed by atoms with Gasteiger partial charge >= 0.3 is 11.9 Å². The summed E-state index contributed by atoms with van der Waals surface area (Å²) in [6.45, 7) is 2.06. The first-order valence-corrected chi connectivity index (χ1v) is 7.88. The molecule has 0 aliphatic heterocycles. The second-order valence-corrected chi connectivity index (χ2v) is 5.48. The molecule has 4 heteroatoms. The minimum Gasteiger partial charge on any atom is -0.469 e. The Balaban J connectivity index is 3.36. The molecule has 0 bridgehead atoms. The van der Waals surface area contributed by atoms with Gasteiger partial charge in [-0.1, -0.05) is 38.3 Å². The zero-order valence-electron chi connectivity index (χ0n) is 13.7. The first kappa shape index (κ1) is 19.7. The highest BCUT2D eigenvalue weighted by Crippen LogP contribution is 2.11. The zero-order valence-corrected chi connectivity index (χ0v) is 13.7. The fourth-order valence-electron chi connectivity index (χ4n) is 2.06. The normalized spacial score (nSPS) is 12.3. The van der Waals surface area contributed by atoms with Crippen molar-refractivity contribution in [2.75, 3.05) is 14.2 Å². The van der Waals surface area contributed by atoms with E-state index >= 15 is 0 Å². The van der Waals surface area contributed by atoms with Crippen molar-refractivity contribution in [1.82, 2.24) is 0 Å². The van der Waals surface area contributed by atoms with Crippen LogP contribution in [0.5, 0.6) is 0 Å². The van der Waals surface area contributed by atoms with E-state index in [0.29, 0.717) is 18.8 Å². The number of ether oxygens (including phenoxy) is 2. The van der Waals surface area contributed by atoms with Crippen LogP contribution in [0.2, 0.25) is 0 Å². The second-order valence-electron chi connectivity index (χ2n) is 5.48. The Hall–Kier alpha value is -1.32. The molecule has 21 heavy (non-hydrogen) atoms. The van der Waals surface area contributed by atoms with Crippen molar-refractivity contribution in [3.05, 3.63) is 12.2 Å². The van der Waals surface area contributed by atoms with E-state index in [1.807, 2.05) is 0 Å². The molecule has 0 radical (unpaired) electrons. The van der Waals surface area contributed by atoms with Gasteiger partial charge in [0, 0.05) is 12.8 Å². The standard InChI is InChI=1S/C17H30O4/c1-15(14-17(19)21-3)12-10-8-6-4-5-7-9-11-13-16(18)20-2/h8,10,15H,4-7,9,11-14H2,1-3H3. The summed E-state index contributed by atoms with van der Waals surface area (Å²) < 4.78 is 9.24. The van der Waals surface area contributed by atoms with Crippen LogP contribution in [0.25, 0.3) is 0 Å². The van der Waals surface area contributed by atoms with Crippen molar-refractivity contribution in [1.29, 1.82) is 0 Å². The number of hydrogen-bond donors (Lipinski definition) is 0. The van der Waals surface area contributed by atoms with Crippen LogP contribution in [0, 0.1) is 5.92 Å². The molecular weight excluding hydrogens is 268 g/mol. The van der Waals surface area contributed by atoms with Gasteiger partial charge in [-0.05, 0) is 31.6 Å². The highest BCUT2D eigenvalue weighted by Gasteiger charge is 2.06. The third-order valence-corrected chi connectivity index (χ3v) is 3.43. The summed E-state index contributed by atoms with van der Waals surface area (Å²) in [5.41, 5.74) is 0. The molecule has 0 N–H and O–H groups in total. The van der Waals surface area contributed by atoms with E-state index in [0.717, 1.165) is 25.7 Å². The Morgan fingerprint density at radius 3 is 2.19 bits per heavy atom. The topological polar surface area (TPSA) is 52.6 Å². The van der Waals surface area contributed by atoms with E-state index in [-0.39, 0.29) is 11.9 Å². The van der Waals surface area contributed by atoms with Crippen molar-refractivity contribution in [2.24, 2.45) is 5.92 Å². The number of esters is 2. The molecule has 0 spiro atoms. The van der Waals surface area contributed by atoms with Crippen LogP contribution in [0.15, 0.2) is 12.2 Å². The average molecular weight is 298 g/mol. The minimum absolute atomic E-state index is 0.112. The molecule has 0 aromatic rings. The number of carbonyl (C=O) groups is 2. The van der Waals surface area contributed by atoms with Crippen molar-refractivity contribution in [3.63, 3.8) is 0 Å². The summed E-state index contributed by atoms with van der Waals surface area (Å²) in [5, 5.41) is 0. The Bertz CT molecular complexity index is 310. The van der Waals surface area contributed by atoms with E-state index in [2.05, 4.69) is 28.5 Å². The molecular formula is C17H30O4. The summed E-state index contributed by atoms with van der Waals surface area (Å²) in [6, 6.07) is 0. The lowest BCUT2D eigenvalue weighted by atomic mass is 10.0. The number of methoxy groups -OCH3 is 2. The molecule has 0 saturated heterocycles. The molecule has 122 valence electrons. The largest absolute Gasteiger partial charge is 0.469 e. The summed E-state index contributed by atoms with van der Waals surface area (Å²) in [4.78, 5) is 22.0. The van der Waals surface area contributed by atoms with Gasteiger partial charge in [-0.15, -0.1) is 0 Å². The van der Waals surface area contributed by atoms with Crippen molar-refractivity contribution >= 4 is 11.9 Å². The Morgan fingerprint density at radius 2 is 1.52 bits per heavy atom. The molecule has 1 unspecified atom stereocenters. The van der Waals surface area contributed by atoms with E-state index in [9.17, 15) is 9.59 Å². The molecule has 1 atom stereocenters. The molecule has 0 saturated carbocycles. The summed E-state index contributed by atoms with van der Waals surface area (Å²) in [7, 11) is 2.86. The third kappa shape index (κ3) is 13.4. The lowest BCUT2D eigenvalue weighted by Crippen LogP contribution is -2.06. The predicted octanol–water partition coefficient (Wildman–Crippen LogP) is 4.04. The van der Waals surface area contributed by atoms with E-state index in [1.165, 1.54) is 33.5 Å². The van der Waals surface area contributed by atoms with Crippen LogP contribution in [-0.2, 0) is 19.1 Å². The number of hydrogen-bond acceptors (Lipinski definition) is 4. The van der Waals surface area contributed by atoms with Gasteiger partial charge in [0.1, 0.15) is 0 Å². The molecule has 0 aromatic carbocycles. The third-order valence-electron chi connectivity index (χ3n) is 3.43. The molecule has 0 rings (SSSR count). The first-order chi connectivity index (χ1) is 10.1. The van der Waals surface area contributed by atoms with Crippen LogP contribution in [-0.4, -0.2) is 26.2 Å². The smallest absolute Gasteiger partial charge is 0.305 e. The van der Waals surface area contributed by atoms with Gasteiger partial charge in [-0.3, -0.25) is 9.59 Å². The van der Waals surface area contributed by atoms with Crippen LogP contribution >= 0.6 is 0 Å². The summed E-state index contributed by atoms with van der Waals surface area (Å²) in [5.74, 6) is 0.0916. The molecule has 0 amide bonds. The quantitative estimate of drug-likeness (QED) is 0.310. The maximum absolute atomic E-state index is 11.1. The first-order valence-electron chi connectivity index (χ1n) is 7.88. The van der Waals surface area contributed by atoms with E-state index in [1.54, 1.807) is 0 Å². The van der Waals surface area contributed by atoms with Crippen LogP contribution in [0.1, 0.15) is 64.7 Å². The summed E-state index contributed by atoms with van der Waals surface area (Å²) >= 11 is 0. The van der Waals surface area contributed by atoms with Crippen LogP contribution in [0.3, 0.4) is 0 Å². The minimum atomic E-state index is -0.136. The maximum Gasteiger partial charge on any atom is 0.305 e. The highest BCUT2D eigenvalue weighted by molar-refractivity contribution is 5.69. The van der Waals surface area contributed by atoms with Crippen LogP contribution in [0.4, 0.5) is 0 Å². The van der Waals surface area contributed by atoms with Crippen molar-refractivity contribution in [2.45, 2.75) is 64.7 Å². The summed E-state index contributed by atoms with van der Waals surface area (Å²) in [6.07, 6.45) is 13.0. The van der Waals surface area contributed by atoms with E-state index < -0.39 is 0 Å². The molecule has 4 nitrogen and oxygen atoms in total. The fraction of sp³-hybridized carbons (Fsp3) is 0.765. The fourth-order valence-corrected chi connectivity index (χ4v) is 2.06. The van der Waals surface area contributed by atoms with Crippen LogP contribution < -0.4 is 0 Å². The van der Waals surface area contributed by atoms with Gasteiger partial charge < -0.3 is 9.47 Å². The number of allylic oxidation sites excluding steroid dienone is 2. The molecule has 0 heterocycles. The SMILES string of the molecule is COC(=O)CCCCCCCC=CCC(C)CC(=O)OC. The Labute approximate surface area is 128 Å². The van der Waals surface area contributed by atoms with Crippen molar-refractivity contribution in [3.8, 4) is 0 Å². The molecule has 0 fully saturated rings. The Morgan fingerprint density at radius 1 is 0.905 bits per heavy atom. The van der Waals surface area contributed by atoms with Gasteiger partial charge in [0.05, 0.1) is 14.2 Å². The van der Waals surface area contributed by atoms with Crippen molar-refractivity contribution < 1.29 is 19.1 Å². The number of rotatable bonds is 12. The monoisotopic (exact) mass is 298 g/mol. The number of unbranched alkanes of at least 4 members (excludes halogenated alkanes) is 5. The van der Waals surface area contributed by atoms with Gasteiger partial charge in [0.15, 0.2) is 0 Å². The van der Waals surface area contributed by atoms with Gasteiger partial charge in [0.2, 0.25) is 0 Å². The zero-order chi connectivity index (χ0) is 15.9. The van der Waals surface area contributed by atoms with Gasteiger partial charge in [-0.25, -0.2) is 0 Å². The Kier molecular flexibility index (Phi) is 12.8. The van der Waals surface area contributed by atoms with E-state index in [4.69, 9.17) is 0 Å². The second kappa shape index (κ2) is 13.7. The highest BCUT2D eigenvalue weighted by atomic mass is 16.5. The van der Waals surface area contributed by atoms with Gasteiger partial charge in [-0.2, -0.15) is 0 Å². The average Bonchev–Trinajstić information content (AvgIpc) is 2.48. The maximum atomic E-state index is 11.1. The van der Waals surface area contributed by atoms with Gasteiger partial charge in [0.25, 0.3) is 0 Å². The molecule has 0 aliphatic rings. The lowest BCUT2D eigenvalue weighted by Gasteiger charge is -2.06.